The number of amides is 5. The maximum Gasteiger partial charge on any atom is 0.335 e. The average Bonchev–Trinajstić information content (AvgIpc) is 2.92. The quantitative estimate of drug-likeness (QED) is 0.287. The van der Waals surface area contributed by atoms with Gasteiger partial charge in [0.1, 0.15) is 17.1 Å². The van der Waals surface area contributed by atoms with Crippen molar-refractivity contribution in [2.75, 3.05) is 30.5 Å². The molecule has 10 nitrogen and oxygen atoms in total. The summed E-state index contributed by atoms with van der Waals surface area (Å²) in [7, 11) is 1.48. The van der Waals surface area contributed by atoms with Crippen molar-refractivity contribution in [2.45, 2.75) is 6.92 Å². The second-order valence-electron chi connectivity index (χ2n) is 8.24. The van der Waals surface area contributed by atoms with Gasteiger partial charge in [0.05, 0.1) is 30.1 Å². The maximum absolute atomic E-state index is 13.8. The van der Waals surface area contributed by atoms with Crippen LogP contribution in [0.15, 0.2) is 66.2 Å². The third kappa shape index (κ3) is 6.21. The molecule has 0 saturated carbocycles. The Balaban J connectivity index is 1.58. The number of barbiturate groups is 1. The predicted molar refractivity (Wildman–Crippen MR) is 145 cm³/mol. The number of rotatable bonds is 9. The number of benzene rings is 3. The van der Waals surface area contributed by atoms with Crippen molar-refractivity contribution in [1.82, 2.24) is 5.32 Å². The van der Waals surface area contributed by atoms with Crippen molar-refractivity contribution in [2.24, 2.45) is 0 Å². The first-order valence-corrected chi connectivity index (χ1v) is 12.3. The summed E-state index contributed by atoms with van der Waals surface area (Å²) >= 11 is 6.42. The van der Waals surface area contributed by atoms with Crippen LogP contribution in [0, 0.1) is 5.82 Å². The molecule has 0 unspecified atom stereocenters. The summed E-state index contributed by atoms with van der Waals surface area (Å²) in [5, 5.41) is 4.56. The van der Waals surface area contributed by atoms with Crippen LogP contribution < -0.4 is 29.7 Å². The maximum atomic E-state index is 13.8. The number of nitrogens with one attached hydrogen (secondary N) is 2. The fourth-order valence-corrected chi connectivity index (χ4v) is 4.02. The second kappa shape index (κ2) is 12.3. The topological polar surface area (TPSA) is 123 Å². The number of hydrogen-bond donors (Lipinski definition) is 2. The Morgan fingerprint density at radius 2 is 1.80 bits per heavy atom. The number of urea groups is 1. The summed E-state index contributed by atoms with van der Waals surface area (Å²) in [4.78, 5) is 51.4. The minimum Gasteiger partial charge on any atom is -0.497 e. The molecule has 3 aromatic carbocycles. The second-order valence-corrected chi connectivity index (χ2v) is 8.64. The predicted octanol–water partition coefficient (Wildman–Crippen LogP) is 4.57. The van der Waals surface area contributed by atoms with E-state index >= 15 is 0 Å². The molecule has 0 aliphatic carbocycles. The fourth-order valence-electron chi connectivity index (χ4n) is 3.75. The van der Waals surface area contributed by atoms with Crippen LogP contribution in [0.25, 0.3) is 6.08 Å². The van der Waals surface area contributed by atoms with Gasteiger partial charge in [0, 0.05) is 0 Å². The average molecular weight is 568 g/mol. The lowest BCUT2D eigenvalue weighted by Gasteiger charge is -2.26. The summed E-state index contributed by atoms with van der Waals surface area (Å²) in [6.07, 6.45) is 1.25. The van der Waals surface area contributed by atoms with Gasteiger partial charge in [0.2, 0.25) is 0 Å². The minimum atomic E-state index is -0.900. The molecule has 5 amide bonds. The Morgan fingerprint density at radius 1 is 1.07 bits per heavy atom. The fraction of sp³-hybridized carbons (Fsp3) is 0.143. The largest absolute Gasteiger partial charge is 0.497 e. The van der Waals surface area contributed by atoms with Crippen molar-refractivity contribution in [1.29, 1.82) is 0 Å². The standard InChI is InChI=1S/C28H23ClFN3O7/c1-3-39-23-14-16(13-20(29)25(23)40-15-24(34)31-22-7-5-4-6-21(22)30)12-19-26(35)32-28(37)33(27(19)36)17-8-10-18(38-2)11-9-17/h4-14H,3,15H2,1-2H3,(H,31,34)(H,32,35,37)/b19-12+. The van der Waals surface area contributed by atoms with E-state index < -0.39 is 36.2 Å². The van der Waals surface area contributed by atoms with Crippen LogP contribution in [-0.2, 0) is 14.4 Å². The normalized spacial score (nSPS) is 14.2. The van der Waals surface area contributed by atoms with E-state index in [-0.39, 0.29) is 40.1 Å². The number of nitrogens with zero attached hydrogens (tertiary/aromatic N) is 1. The number of ether oxygens (including phenoxy) is 3. The van der Waals surface area contributed by atoms with Crippen LogP contribution in [0.4, 0.5) is 20.6 Å². The Bertz CT molecular complexity index is 1510. The minimum absolute atomic E-state index is 0.00760. The van der Waals surface area contributed by atoms with Gasteiger partial charge in [-0.2, -0.15) is 0 Å². The Kier molecular flexibility index (Phi) is 8.65. The van der Waals surface area contributed by atoms with Crippen LogP contribution in [0.3, 0.4) is 0 Å². The summed E-state index contributed by atoms with van der Waals surface area (Å²) in [6.45, 7) is 1.41. The molecule has 1 aliphatic heterocycles. The first kappa shape index (κ1) is 28.1. The van der Waals surface area contributed by atoms with E-state index in [2.05, 4.69) is 10.6 Å². The van der Waals surface area contributed by atoms with E-state index in [1.807, 2.05) is 0 Å². The van der Waals surface area contributed by atoms with Crippen LogP contribution in [0.5, 0.6) is 17.2 Å². The van der Waals surface area contributed by atoms with E-state index in [4.69, 9.17) is 25.8 Å². The molecule has 1 saturated heterocycles. The Hall–Kier alpha value is -4.90. The summed E-state index contributed by atoms with van der Waals surface area (Å²) < 4.78 is 30.1. The molecular formula is C28H23ClFN3O7. The molecular weight excluding hydrogens is 545 g/mol. The van der Waals surface area contributed by atoms with Gasteiger partial charge in [-0.05, 0) is 67.1 Å². The molecule has 40 heavy (non-hydrogen) atoms. The van der Waals surface area contributed by atoms with E-state index in [1.165, 1.54) is 55.7 Å². The number of para-hydroxylation sites is 1. The number of anilines is 2. The molecule has 1 heterocycles. The number of methoxy groups -OCH3 is 1. The SMILES string of the molecule is CCOc1cc(/C=C2\C(=O)NC(=O)N(c3ccc(OC)cc3)C2=O)cc(Cl)c1OCC(=O)Nc1ccccc1F. The summed E-state index contributed by atoms with van der Waals surface area (Å²) in [5.74, 6) is -2.30. The number of carbonyl (C=O) groups is 4. The van der Waals surface area contributed by atoms with Gasteiger partial charge in [-0.3, -0.25) is 19.7 Å². The molecule has 0 aromatic heterocycles. The highest BCUT2D eigenvalue weighted by Gasteiger charge is 2.37. The van der Waals surface area contributed by atoms with Crippen molar-refractivity contribution in [3.05, 3.63) is 82.6 Å². The lowest BCUT2D eigenvalue weighted by molar-refractivity contribution is -0.122. The monoisotopic (exact) mass is 567 g/mol. The van der Waals surface area contributed by atoms with Crippen molar-refractivity contribution in [3.8, 4) is 17.2 Å². The van der Waals surface area contributed by atoms with Crippen LogP contribution >= 0.6 is 11.6 Å². The van der Waals surface area contributed by atoms with Crippen LogP contribution in [0.1, 0.15) is 12.5 Å². The Labute approximate surface area is 233 Å². The molecule has 1 aliphatic rings. The first-order chi connectivity index (χ1) is 19.2. The highest BCUT2D eigenvalue weighted by atomic mass is 35.5. The molecule has 12 heteroatoms. The molecule has 0 atom stereocenters. The number of halogens is 2. The van der Waals surface area contributed by atoms with Crippen molar-refractivity contribution >= 4 is 52.8 Å². The van der Waals surface area contributed by atoms with E-state index in [0.29, 0.717) is 11.3 Å². The van der Waals surface area contributed by atoms with E-state index in [0.717, 1.165) is 4.90 Å². The molecule has 0 spiro atoms. The highest BCUT2D eigenvalue weighted by Crippen LogP contribution is 2.37. The lowest BCUT2D eigenvalue weighted by atomic mass is 10.1. The van der Waals surface area contributed by atoms with Gasteiger partial charge in [-0.15, -0.1) is 0 Å². The van der Waals surface area contributed by atoms with Gasteiger partial charge in [0.15, 0.2) is 18.1 Å². The molecule has 3 aromatic rings. The summed E-state index contributed by atoms with van der Waals surface area (Å²) in [6, 6.07) is 13.8. The zero-order valence-corrected chi connectivity index (χ0v) is 22.1. The Morgan fingerprint density at radius 3 is 2.48 bits per heavy atom. The van der Waals surface area contributed by atoms with Gasteiger partial charge in [-0.25, -0.2) is 14.1 Å². The summed E-state index contributed by atoms with van der Waals surface area (Å²) in [5.41, 5.74) is 0.185. The zero-order valence-electron chi connectivity index (χ0n) is 21.3. The first-order valence-electron chi connectivity index (χ1n) is 11.9. The molecule has 4 rings (SSSR count). The third-order valence-electron chi connectivity index (χ3n) is 5.57. The van der Waals surface area contributed by atoms with E-state index in [9.17, 15) is 23.6 Å². The lowest BCUT2D eigenvalue weighted by Crippen LogP contribution is -2.54. The smallest absolute Gasteiger partial charge is 0.335 e. The highest BCUT2D eigenvalue weighted by molar-refractivity contribution is 6.39. The van der Waals surface area contributed by atoms with Gasteiger partial charge in [0.25, 0.3) is 17.7 Å². The van der Waals surface area contributed by atoms with E-state index in [1.54, 1.807) is 25.1 Å². The molecule has 0 bridgehead atoms. The van der Waals surface area contributed by atoms with Gasteiger partial charge >= 0.3 is 6.03 Å². The van der Waals surface area contributed by atoms with Gasteiger partial charge < -0.3 is 19.5 Å². The number of carbonyl (C=O) groups excluding carboxylic acids is 4. The number of hydrogen-bond acceptors (Lipinski definition) is 7. The molecule has 2 N–H and O–H groups in total. The van der Waals surface area contributed by atoms with Crippen LogP contribution in [0.2, 0.25) is 5.02 Å². The van der Waals surface area contributed by atoms with Crippen LogP contribution in [-0.4, -0.2) is 44.1 Å². The molecule has 0 radical (unpaired) electrons. The zero-order chi connectivity index (χ0) is 28.8. The van der Waals surface area contributed by atoms with Crippen molar-refractivity contribution < 1.29 is 37.8 Å². The van der Waals surface area contributed by atoms with Gasteiger partial charge in [-0.1, -0.05) is 23.7 Å². The van der Waals surface area contributed by atoms with Crippen molar-refractivity contribution in [3.63, 3.8) is 0 Å². The third-order valence-corrected chi connectivity index (χ3v) is 5.85. The number of imide groups is 2. The molecule has 206 valence electrons. The molecule has 1 fully saturated rings.